The SMILES string of the molecule is NCC[C@@H](O)c1cccc(OCC2CCCO2)c1. The largest absolute Gasteiger partial charge is 0.491 e. The maximum absolute atomic E-state index is 9.86. The van der Waals surface area contributed by atoms with Crippen molar-refractivity contribution in [2.24, 2.45) is 5.73 Å². The maximum atomic E-state index is 9.86. The average molecular weight is 251 g/mol. The second kappa shape index (κ2) is 6.73. The van der Waals surface area contributed by atoms with Crippen molar-refractivity contribution in [2.45, 2.75) is 31.5 Å². The second-order valence-electron chi connectivity index (χ2n) is 4.61. The fourth-order valence-corrected chi connectivity index (χ4v) is 2.10. The number of hydrogen-bond acceptors (Lipinski definition) is 4. The van der Waals surface area contributed by atoms with Gasteiger partial charge in [0.05, 0.1) is 12.2 Å². The molecule has 2 rings (SSSR count). The van der Waals surface area contributed by atoms with Crippen LogP contribution in [0.4, 0.5) is 0 Å². The van der Waals surface area contributed by atoms with E-state index in [0.717, 1.165) is 30.8 Å². The van der Waals surface area contributed by atoms with Gasteiger partial charge in [0.2, 0.25) is 0 Å². The molecule has 1 aromatic carbocycles. The molecule has 1 fully saturated rings. The summed E-state index contributed by atoms with van der Waals surface area (Å²) in [4.78, 5) is 0. The summed E-state index contributed by atoms with van der Waals surface area (Å²) in [6.07, 6.45) is 2.44. The van der Waals surface area contributed by atoms with E-state index in [0.29, 0.717) is 19.6 Å². The number of rotatable bonds is 6. The average Bonchev–Trinajstić information content (AvgIpc) is 2.90. The van der Waals surface area contributed by atoms with Gasteiger partial charge in [-0.1, -0.05) is 12.1 Å². The topological polar surface area (TPSA) is 64.7 Å². The third-order valence-electron chi connectivity index (χ3n) is 3.14. The van der Waals surface area contributed by atoms with E-state index in [4.69, 9.17) is 15.2 Å². The predicted octanol–water partition coefficient (Wildman–Crippen LogP) is 1.63. The smallest absolute Gasteiger partial charge is 0.119 e. The molecule has 1 unspecified atom stereocenters. The van der Waals surface area contributed by atoms with Crippen molar-refractivity contribution >= 4 is 0 Å². The van der Waals surface area contributed by atoms with Crippen molar-refractivity contribution in [3.05, 3.63) is 29.8 Å². The van der Waals surface area contributed by atoms with Crippen LogP contribution in [0.2, 0.25) is 0 Å². The second-order valence-corrected chi connectivity index (χ2v) is 4.61. The fourth-order valence-electron chi connectivity index (χ4n) is 2.10. The van der Waals surface area contributed by atoms with E-state index < -0.39 is 6.10 Å². The number of aliphatic hydroxyl groups is 1. The molecule has 0 amide bonds. The zero-order valence-corrected chi connectivity index (χ0v) is 10.5. The van der Waals surface area contributed by atoms with Crippen LogP contribution in [-0.2, 0) is 4.74 Å². The van der Waals surface area contributed by atoms with Crippen LogP contribution >= 0.6 is 0 Å². The Balaban J connectivity index is 1.89. The molecule has 2 atom stereocenters. The molecule has 1 heterocycles. The van der Waals surface area contributed by atoms with Crippen molar-refractivity contribution in [3.8, 4) is 5.75 Å². The lowest BCUT2D eigenvalue weighted by Gasteiger charge is -2.14. The maximum Gasteiger partial charge on any atom is 0.119 e. The highest BCUT2D eigenvalue weighted by Gasteiger charge is 2.16. The van der Waals surface area contributed by atoms with Crippen LogP contribution in [-0.4, -0.2) is 31.0 Å². The van der Waals surface area contributed by atoms with E-state index in [2.05, 4.69) is 0 Å². The summed E-state index contributed by atoms with van der Waals surface area (Å²) < 4.78 is 11.2. The summed E-state index contributed by atoms with van der Waals surface area (Å²) in [6, 6.07) is 7.54. The first kappa shape index (κ1) is 13.3. The molecular weight excluding hydrogens is 230 g/mol. The highest BCUT2D eigenvalue weighted by molar-refractivity contribution is 5.29. The van der Waals surface area contributed by atoms with Gasteiger partial charge in [0.15, 0.2) is 0 Å². The minimum Gasteiger partial charge on any atom is -0.491 e. The van der Waals surface area contributed by atoms with E-state index in [1.54, 1.807) is 0 Å². The zero-order valence-electron chi connectivity index (χ0n) is 10.5. The van der Waals surface area contributed by atoms with Gasteiger partial charge >= 0.3 is 0 Å². The lowest BCUT2D eigenvalue weighted by atomic mass is 10.1. The van der Waals surface area contributed by atoms with Gasteiger partial charge in [-0.15, -0.1) is 0 Å². The van der Waals surface area contributed by atoms with Gasteiger partial charge in [-0.2, -0.15) is 0 Å². The molecule has 1 saturated heterocycles. The predicted molar refractivity (Wildman–Crippen MR) is 69.5 cm³/mol. The molecule has 18 heavy (non-hydrogen) atoms. The van der Waals surface area contributed by atoms with Crippen molar-refractivity contribution in [2.75, 3.05) is 19.8 Å². The lowest BCUT2D eigenvalue weighted by Crippen LogP contribution is -2.16. The van der Waals surface area contributed by atoms with E-state index in [1.807, 2.05) is 24.3 Å². The van der Waals surface area contributed by atoms with E-state index >= 15 is 0 Å². The highest BCUT2D eigenvalue weighted by atomic mass is 16.5. The number of hydrogen-bond donors (Lipinski definition) is 2. The number of ether oxygens (including phenoxy) is 2. The Bertz CT molecular complexity index is 364. The summed E-state index contributed by atoms with van der Waals surface area (Å²) in [5, 5.41) is 9.86. The third kappa shape index (κ3) is 3.70. The summed E-state index contributed by atoms with van der Waals surface area (Å²) in [5.74, 6) is 0.777. The molecule has 1 aliphatic heterocycles. The van der Waals surface area contributed by atoms with Crippen LogP contribution in [0.25, 0.3) is 0 Å². The summed E-state index contributed by atoms with van der Waals surface area (Å²) in [7, 11) is 0. The minimum atomic E-state index is -0.513. The number of nitrogens with two attached hydrogens (primary N) is 1. The van der Waals surface area contributed by atoms with Crippen LogP contribution in [0, 0.1) is 0 Å². The van der Waals surface area contributed by atoms with E-state index in [9.17, 15) is 5.11 Å². The molecule has 0 radical (unpaired) electrons. The molecule has 3 N–H and O–H groups in total. The number of benzene rings is 1. The quantitative estimate of drug-likeness (QED) is 0.806. The van der Waals surface area contributed by atoms with Crippen LogP contribution in [0.15, 0.2) is 24.3 Å². The summed E-state index contributed by atoms with van der Waals surface area (Å²) >= 11 is 0. The molecular formula is C14H21NO3. The monoisotopic (exact) mass is 251 g/mol. The minimum absolute atomic E-state index is 0.211. The van der Waals surface area contributed by atoms with Gasteiger partial charge in [0.25, 0.3) is 0 Å². The van der Waals surface area contributed by atoms with Gasteiger partial charge in [-0.05, 0) is 43.5 Å². The molecule has 0 saturated carbocycles. The van der Waals surface area contributed by atoms with E-state index in [1.165, 1.54) is 0 Å². The molecule has 0 aliphatic carbocycles. The van der Waals surface area contributed by atoms with Crippen LogP contribution in [0.1, 0.15) is 30.9 Å². The molecule has 4 heteroatoms. The lowest BCUT2D eigenvalue weighted by molar-refractivity contribution is 0.0678. The van der Waals surface area contributed by atoms with Gasteiger partial charge in [-0.25, -0.2) is 0 Å². The van der Waals surface area contributed by atoms with E-state index in [-0.39, 0.29) is 6.10 Å². The van der Waals surface area contributed by atoms with Crippen LogP contribution < -0.4 is 10.5 Å². The molecule has 4 nitrogen and oxygen atoms in total. The van der Waals surface area contributed by atoms with Gasteiger partial charge in [0, 0.05) is 6.61 Å². The Morgan fingerprint density at radius 1 is 1.50 bits per heavy atom. The van der Waals surface area contributed by atoms with Gasteiger partial charge in [-0.3, -0.25) is 0 Å². The molecule has 0 bridgehead atoms. The Morgan fingerprint density at radius 2 is 2.39 bits per heavy atom. The molecule has 1 aromatic rings. The highest BCUT2D eigenvalue weighted by Crippen LogP contribution is 2.22. The summed E-state index contributed by atoms with van der Waals surface area (Å²) in [5.41, 5.74) is 6.29. The standard InChI is InChI=1S/C14H21NO3/c15-7-6-14(16)11-3-1-4-12(9-11)18-10-13-5-2-8-17-13/h1,3-4,9,13-14,16H,2,5-8,10,15H2/t13?,14-/m1/s1. The van der Waals surface area contributed by atoms with Crippen LogP contribution in [0.3, 0.4) is 0 Å². The normalized spacial score (nSPS) is 20.9. The fraction of sp³-hybridized carbons (Fsp3) is 0.571. The molecule has 100 valence electrons. The van der Waals surface area contributed by atoms with Gasteiger partial charge < -0.3 is 20.3 Å². The Hall–Kier alpha value is -1.10. The molecule has 0 aromatic heterocycles. The third-order valence-corrected chi connectivity index (χ3v) is 3.14. The first-order chi connectivity index (χ1) is 8.79. The summed E-state index contributed by atoms with van der Waals surface area (Å²) in [6.45, 7) is 1.89. The molecule has 0 spiro atoms. The Kier molecular flexibility index (Phi) is 4.99. The number of aliphatic hydroxyl groups excluding tert-OH is 1. The molecule has 1 aliphatic rings. The van der Waals surface area contributed by atoms with Crippen LogP contribution in [0.5, 0.6) is 5.75 Å². The van der Waals surface area contributed by atoms with Crippen molar-refractivity contribution in [3.63, 3.8) is 0 Å². The first-order valence-electron chi connectivity index (χ1n) is 6.52. The first-order valence-corrected chi connectivity index (χ1v) is 6.52. The van der Waals surface area contributed by atoms with Crippen molar-refractivity contribution in [1.82, 2.24) is 0 Å². The van der Waals surface area contributed by atoms with Crippen molar-refractivity contribution < 1.29 is 14.6 Å². The Morgan fingerprint density at radius 3 is 3.11 bits per heavy atom. The van der Waals surface area contributed by atoms with Crippen molar-refractivity contribution in [1.29, 1.82) is 0 Å². The zero-order chi connectivity index (χ0) is 12.8. The van der Waals surface area contributed by atoms with Gasteiger partial charge in [0.1, 0.15) is 12.4 Å². The Labute approximate surface area is 108 Å².